The van der Waals surface area contributed by atoms with E-state index >= 15 is 0 Å². The number of benzene rings is 2. The number of nitrogens with one attached hydrogen (secondary N) is 3. The maximum absolute atomic E-state index is 13.6. The standard InChI is InChI=1S/C26H19ClFN7O2.C19H16ClFN4O4S.C8H7N3/c1-2-37-25(36)18-9-17(11-30-12-18)21-14-31-26(33-20-3-4-23(28)22(27)10-20)34-24(21)35-15-19(13-32-35)16-5-7-29-8-6-16;1-3-29-18(26)12-6-11(8-22-9-12)14-10-23-19(25-17(14)30(2,27)28)24-13-4-5-16(21)15(20)7-13;1-3-9-4-2-7(1)8-5-10-11-6-8/h3-15H,2H2,1H3,(H,31,33,34);4-10H,3H2,1-2H3,(H,23,24,25);1-6H,(H,10,11). The average molecular weight is 1110 g/mol. The van der Waals surface area contributed by atoms with Gasteiger partial charge in [0.05, 0.1) is 46.8 Å². The Hall–Kier alpha value is -9.45. The molecule has 0 unspecified atom stereocenters. The summed E-state index contributed by atoms with van der Waals surface area (Å²) >= 11 is 11.7. The van der Waals surface area contributed by atoms with Gasteiger partial charge in [-0.3, -0.25) is 25.0 Å². The first-order valence-electron chi connectivity index (χ1n) is 23.1. The molecule has 25 heteroatoms. The van der Waals surface area contributed by atoms with Gasteiger partial charge in [0.15, 0.2) is 20.7 Å². The van der Waals surface area contributed by atoms with Gasteiger partial charge >= 0.3 is 11.9 Å². The first kappa shape index (κ1) is 54.8. The topological polar surface area (TPSA) is 260 Å². The van der Waals surface area contributed by atoms with Gasteiger partial charge in [-0.1, -0.05) is 23.2 Å². The zero-order valence-corrected chi connectivity index (χ0v) is 43.5. The van der Waals surface area contributed by atoms with E-state index in [2.05, 4.69) is 65.8 Å². The Labute approximate surface area is 453 Å². The number of carbonyl (C=O) groups is 2. The maximum atomic E-state index is 13.6. The first-order chi connectivity index (χ1) is 37.7. The largest absolute Gasteiger partial charge is 0.462 e. The molecule has 0 fully saturated rings. The van der Waals surface area contributed by atoms with Crippen LogP contribution in [0.15, 0.2) is 165 Å². The fourth-order valence-corrected chi connectivity index (χ4v) is 8.22. The molecular weight excluding hydrogens is 1070 g/mol. The lowest BCUT2D eigenvalue weighted by Crippen LogP contribution is -2.09. The number of esters is 2. The molecule has 394 valence electrons. The number of nitrogens with zero attached hydrogens (tertiary/aromatic N) is 11. The number of rotatable bonds is 14. The number of aromatic nitrogens is 12. The Balaban J connectivity index is 0.000000174. The number of carbonyl (C=O) groups excluding carboxylic acids is 2. The highest BCUT2D eigenvalue weighted by Gasteiger charge is 2.21. The van der Waals surface area contributed by atoms with E-state index in [9.17, 15) is 26.8 Å². The zero-order chi connectivity index (χ0) is 55.2. The minimum atomic E-state index is -3.78. The van der Waals surface area contributed by atoms with E-state index in [0.717, 1.165) is 34.6 Å². The van der Waals surface area contributed by atoms with Gasteiger partial charge in [0.25, 0.3) is 0 Å². The fraction of sp³-hybridized carbons (Fsp3) is 0.0943. The summed E-state index contributed by atoms with van der Waals surface area (Å²) in [6, 6.07) is 18.9. The molecular formula is C53H42Cl2F2N14O6S. The summed E-state index contributed by atoms with van der Waals surface area (Å²) in [5.74, 6) is -1.56. The highest BCUT2D eigenvalue weighted by Crippen LogP contribution is 2.31. The van der Waals surface area contributed by atoms with E-state index in [4.69, 9.17) is 32.7 Å². The van der Waals surface area contributed by atoms with Crippen LogP contribution in [0.1, 0.15) is 34.6 Å². The van der Waals surface area contributed by atoms with Gasteiger partial charge in [0.1, 0.15) is 11.6 Å². The van der Waals surface area contributed by atoms with Crippen LogP contribution in [0.5, 0.6) is 0 Å². The predicted octanol–water partition coefficient (Wildman–Crippen LogP) is 10.6. The van der Waals surface area contributed by atoms with Crippen LogP contribution in [-0.2, 0) is 19.3 Å². The third kappa shape index (κ3) is 14.1. The van der Waals surface area contributed by atoms with Gasteiger partial charge in [-0.05, 0) is 97.8 Å². The molecule has 10 rings (SSSR count). The monoisotopic (exact) mass is 1110 g/mol. The molecule has 0 aliphatic rings. The second-order valence-corrected chi connectivity index (χ2v) is 18.9. The van der Waals surface area contributed by atoms with E-state index in [1.54, 1.807) is 74.2 Å². The van der Waals surface area contributed by atoms with Gasteiger partial charge in [0.2, 0.25) is 11.9 Å². The Bertz CT molecular complexity index is 3830. The van der Waals surface area contributed by atoms with Crippen molar-refractivity contribution >= 4 is 68.2 Å². The fourth-order valence-electron chi connectivity index (χ4n) is 7.04. The zero-order valence-electron chi connectivity index (χ0n) is 41.2. The molecule has 3 N–H and O–H groups in total. The van der Waals surface area contributed by atoms with Crippen LogP contribution in [-0.4, -0.2) is 99.7 Å². The van der Waals surface area contributed by atoms with Crippen LogP contribution in [0, 0.1) is 11.6 Å². The summed E-state index contributed by atoms with van der Waals surface area (Å²) in [7, 11) is -3.78. The third-order valence-electron chi connectivity index (χ3n) is 10.7. The average Bonchev–Trinajstić information content (AvgIpc) is 4.23. The molecule has 2 aromatic carbocycles. The molecule has 0 radical (unpaired) electrons. The van der Waals surface area contributed by atoms with Crippen LogP contribution in [0.4, 0.5) is 32.1 Å². The molecule has 8 heterocycles. The van der Waals surface area contributed by atoms with Crippen molar-refractivity contribution in [1.82, 2.24) is 59.8 Å². The number of anilines is 4. The van der Waals surface area contributed by atoms with Crippen molar-refractivity contribution in [3.05, 3.63) is 192 Å². The van der Waals surface area contributed by atoms with Crippen LogP contribution < -0.4 is 10.6 Å². The van der Waals surface area contributed by atoms with E-state index < -0.39 is 33.4 Å². The predicted molar refractivity (Wildman–Crippen MR) is 287 cm³/mol. The number of hydrogen-bond acceptors (Lipinski definition) is 18. The Kier molecular flexibility index (Phi) is 17.8. The second-order valence-electron chi connectivity index (χ2n) is 16.1. The summed E-state index contributed by atoms with van der Waals surface area (Å²) in [6.07, 6.45) is 23.7. The van der Waals surface area contributed by atoms with Gasteiger partial charge in [-0.2, -0.15) is 15.2 Å². The molecule has 0 aliphatic carbocycles. The minimum absolute atomic E-state index is 0.0298. The molecule has 78 heavy (non-hydrogen) atoms. The number of hydrogen-bond donors (Lipinski definition) is 3. The molecule has 0 aliphatic heterocycles. The number of aromatic amines is 1. The molecule has 0 atom stereocenters. The molecule has 0 saturated carbocycles. The van der Waals surface area contributed by atoms with E-state index in [1.807, 2.05) is 36.7 Å². The van der Waals surface area contributed by atoms with Crippen molar-refractivity contribution in [2.75, 3.05) is 30.1 Å². The van der Waals surface area contributed by atoms with E-state index in [0.29, 0.717) is 39.4 Å². The summed E-state index contributed by atoms with van der Waals surface area (Å²) in [5, 5.41) is 16.5. The lowest BCUT2D eigenvalue weighted by molar-refractivity contribution is 0.0516. The molecule has 0 amide bonds. The van der Waals surface area contributed by atoms with Gasteiger partial charge < -0.3 is 20.1 Å². The molecule has 0 bridgehead atoms. The summed E-state index contributed by atoms with van der Waals surface area (Å²) < 4.78 is 63.3. The molecule has 0 saturated heterocycles. The number of halogens is 4. The van der Waals surface area contributed by atoms with Crippen molar-refractivity contribution in [3.63, 3.8) is 0 Å². The Morgan fingerprint density at radius 3 is 1.62 bits per heavy atom. The molecule has 20 nitrogen and oxygen atoms in total. The maximum Gasteiger partial charge on any atom is 0.339 e. The minimum Gasteiger partial charge on any atom is -0.462 e. The van der Waals surface area contributed by atoms with Gasteiger partial charge in [-0.25, -0.2) is 46.4 Å². The van der Waals surface area contributed by atoms with Crippen LogP contribution in [0.25, 0.3) is 50.3 Å². The number of ether oxygens (including phenoxy) is 2. The summed E-state index contributed by atoms with van der Waals surface area (Å²) in [4.78, 5) is 57.7. The molecule has 10 aromatic rings. The second kappa shape index (κ2) is 25.4. The summed E-state index contributed by atoms with van der Waals surface area (Å²) in [5.41, 5.74) is 7.02. The highest BCUT2D eigenvalue weighted by molar-refractivity contribution is 7.90. The van der Waals surface area contributed by atoms with Crippen molar-refractivity contribution in [2.45, 2.75) is 18.9 Å². The van der Waals surface area contributed by atoms with Crippen LogP contribution in [0.3, 0.4) is 0 Å². The quantitative estimate of drug-likeness (QED) is 0.0675. The van der Waals surface area contributed by atoms with Gasteiger partial charge in [-0.15, -0.1) is 0 Å². The van der Waals surface area contributed by atoms with Gasteiger partial charge in [0, 0.05) is 125 Å². The molecule has 8 aromatic heterocycles. The smallest absolute Gasteiger partial charge is 0.339 e. The Morgan fingerprint density at radius 1 is 0.603 bits per heavy atom. The van der Waals surface area contributed by atoms with Crippen molar-refractivity contribution < 1.29 is 36.3 Å². The number of H-pyrrole nitrogens is 1. The van der Waals surface area contributed by atoms with E-state index in [-0.39, 0.29) is 51.3 Å². The lowest BCUT2D eigenvalue weighted by atomic mass is 10.1. The Morgan fingerprint density at radius 2 is 1.12 bits per heavy atom. The highest BCUT2D eigenvalue weighted by atomic mass is 35.5. The lowest BCUT2D eigenvalue weighted by Gasteiger charge is -2.12. The van der Waals surface area contributed by atoms with Crippen molar-refractivity contribution in [1.29, 1.82) is 0 Å². The normalized spacial score (nSPS) is 10.8. The molecule has 0 spiro atoms. The summed E-state index contributed by atoms with van der Waals surface area (Å²) in [6.45, 7) is 3.84. The SMILES string of the molecule is CCOC(=O)c1cncc(-c2cnc(Nc3ccc(F)c(Cl)c3)nc2-n2cc(-c3ccncc3)cn2)c1.CCOC(=O)c1cncc(-c2cnc(Nc3ccc(F)c(Cl)c3)nc2S(C)(=O)=O)c1.c1cc(-c2cn[nH]c2)ccn1. The van der Waals surface area contributed by atoms with Crippen LogP contribution >= 0.6 is 23.2 Å². The number of pyridine rings is 4. The van der Waals surface area contributed by atoms with E-state index in [1.165, 1.54) is 61.2 Å². The third-order valence-corrected chi connectivity index (χ3v) is 12.3. The van der Waals surface area contributed by atoms with Crippen molar-refractivity contribution in [2.24, 2.45) is 0 Å². The first-order valence-corrected chi connectivity index (χ1v) is 25.8. The van der Waals surface area contributed by atoms with Crippen LogP contribution in [0.2, 0.25) is 10.0 Å². The number of sulfone groups is 1. The van der Waals surface area contributed by atoms with Crippen molar-refractivity contribution in [3.8, 4) is 50.3 Å².